The molecular weight excluding hydrogens is 218 g/mol. The van der Waals surface area contributed by atoms with Gasteiger partial charge in [0.2, 0.25) is 0 Å². The van der Waals surface area contributed by atoms with Gasteiger partial charge in [0.15, 0.2) is 0 Å². The van der Waals surface area contributed by atoms with Gasteiger partial charge in [-0.15, -0.1) is 0 Å². The summed E-state index contributed by atoms with van der Waals surface area (Å²) in [6, 6.07) is 0. The SMILES string of the molecule is C=CSC(=NC)C1=CC2=C(C=CC1)OCC2. The molecule has 0 N–H and O–H groups in total. The third kappa shape index (κ3) is 2.30. The molecule has 0 atom stereocenters. The largest absolute Gasteiger partial charge is 0.493 e. The van der Waals surface area contributed by atoms with Crippen molar-refractivity contribution < 1.29 is 4.74 Å². The Balaban J connectivity index is 2.29. The number of hydrogen-bond donors (Lipinski definition) is 0. The number of hydrogen-bond acceptors (Lipinski definition) is 3. The van der Waals surface area contributed by atoms with Gasteiger partial charge < -0.3 is 4.74 Å². The maximum atomic E-state index is 5.54. The minimum Gasteiger partial charge on any atom is -0.493 e. The van der Waals surface area contributed by atoms with E-state index >= 15 is 0 Å². The van der Waals surface area contributed by atoms with Crippen molar-refractivity contribution in [2.24, 2.45) is 4.99 Å². The molecule has 0 saturated heterocycles. The molecule has 2 aliphatic rings. The van der Waals surface area contributed by atoms with Crippen LogP contribution in [0.4, 0.5) is 0 Å². The van der Waals surface area contributed by atoms with Crippen LogP contribution >= 0.6 is 11.8 Å². The summed E-state index contributed by atoms with van der Waals surface area (Å²) in [5, 5.41) is 2.86. The number of ether oxygens (including phenoxy) is 1. The third-order valence-corrected chi connectivity index (χ3v) is 3.41. The van der Waals surface area contributed by atoms with Gasteiger partial charge in [-0.1, -0.05) is 24.4 Å². The van der Waals surface area contributed by atoms with E-state index in [4.69, 9.17) is 4.74 Å². The van der Waals surface area contributed by atoms with E-state index in [1.54, 1.807) is 11.8 Å². The summed E-state index contributed by atoms with van der Waals surface area (Å²) in [4.78, 5) is 4.30. The molecule has 2 rings (SSSR count). The van der Waals surface area contributed by atoms with Gasteiger partial charge in [0.25, 0.3) is 0 Å². The Morgan fingerprint density at radius 1 is 1.62 bits per heavy atom. The zero-order chi connectivity index (χ0) is 11.4. The molecule has 3 heteroatoms. The lowest BCUT2D eigenvalue weighted by Crippen LogP contribution is -1.96. The lowest BCUT2D eigenvalue weighted by atomic mass is 10.1. The summed E-state index contributed by atoms with van der Waals surface area (Å²) >= 11 is 1.57. The monoisotopic (exact) mass is 233 g/mol. The minimum absolute atomic E-state index is 0.798. The van der Waals surface area contributed by atoms with Gasteiger partial charge in [-0.05, 0) is 35.1 Å². The highest BCUT2D eigenvalue weighted by Gasteiger charge is 2.16. The number of allylic oxidation sites excluding steroid dienone is 3. The highest BCUT2D eigenvalue weighted by molar-refractivity contribution is 8.16. The lowest BCUT2D eigenvalue weighted by Gasteiger charge is -2.05. The van der Waals surface area contributed by atoms with Crippen LogP contribution < -0.4 is 0 Å². The highest BCUT2D eigenvalue weighted by Crippen LogP contribution is 2.28. The fourth-order valence-electron chi connectivity index (χ4n) is 1.85. The first-order valence-electron chi connectivity index (χ1n) is 5.33. The van der Waals surface area contributed by atoms with Gasteiger partial charge >= 0.3 is 0 Å². The van der Waals surface area contributed by atoms with E-state index in [1.165, 1.54) is 11.1 Å². The van der Waals surface area contributed by atoms with Crippen molar-refractivity contribution in [2.45, 2.75) is 12.8 Å². The van der Waals surface area contributed by atoms with Crippen LogP contribution in [0.15, 0.2) is 52.1 Å². The van der Waals surface area contributed by atoms with E-state index < -0.39 is 0 Å². The molecule has 0 saturated carbocycles. The van der Waals surface area contributed by atoms with Gasteiger partial charge in [-0.2, -0.15) is 0 Å². The minimum atomic E-state index is 0.798. The van der Waals surface area contributed by atoms with Crippen molar-refractivity contribution in [3.63, 3.8) is 0 Å². The predicted molar refractivity (Wildman–Crippen MR) is 70.6 cm³/mol. The molecule has 16 heavy (non-hydrogen) atoms. The van der Waals surface area contributed by atoms with Crippen molar-refractivity contribution in [2.75, 3.05) is 13.7 Å². The smallest absolute Gasteiger partial charge is 0.122 e. The zero-order valence-electron chi connectivity index (χ0n) is 9.40. The zero-order valence-corrected chi connectivity index (χ0v) is 10.2. The summed E-state index contributed by atoms with van der Waals surface area (Å²) in [6.07, 6.45) is 8.32. The van der Waals surface area contributed by atoms with Crippen LogP contribution in [0, 0.1) is 0 Å². The quantitative estimate of drug-likeness (QED) is 0.538. The maximum Gasteiger partial charge on any atom is 0.122 e. The molecule has 0 aromatic carbocycles. The molecule has 0 spiro atoms. The van der Waals surface area contributed by atoms with Crippen molar-refractivity contribution in [3.05, 3.63) is 47.1 Å². The molecular formula is C13H15NOS. The van der Waals surface area contributed by atoms with Crippen molar-refractivity contribution in [1.82, 2.24) is 0 Å². The Bertz CT molecular complexity index is 416. The second kappa shape index (κ2) is 5.21. The van der Waals surface area contributed by atoms with Gasteiger partial charge in [-0.25, -0.2) is 0 Å². The van der Waals surface area contributed by atoms with Gasteiger partial charge in [0, 0.05) is 13.5 Å². The Kier molecular flexibility index (Phi) is 3.67. The van der Waals surface area contributed by atoms with Crippen molar-refractivity contribution in [3.8, 4) is 0 Å². The normalized spacial score (nSPS) is 20.1. The maximum absolute atomic E-state index is 5.54. The Hall–Kier alpha value is -1.22. The van der Waals surface area contributed by atoms with Gasteiger partial charge in [0.1, 0.15) is 5.76 Å². The Morgan fingerprint density at radius 2 is 2.50 bits per heavy atom. The summed E-state index contributed by atoms with van der Waals surface area (Å²) in [5.41, 5.74) is 2.54. The molecule has 84 valence electrons. The first-order chi connectivity index (χ1) is 7.85. The van der Waals surface area contributed by atoms with Crippen LogP contribution in [0.1, 0.15) is 12.8 Å². The topological polar surface area (TPSA) is 21.6 Å². The van der Waals surface area contributed by atoms with Crippen molar-refractivity contribution in [1.29, 1.82) is 0 Å². The third-order valence-electron chi connectivity index (χ3n) is 2.57. The molecule has 0 aromatic heterocycles. The Labute approximate surface area is 100 Å². The van der Waals surface area contributed by atoms with Crippen LogP contribution in [-0.2, 0) is 4.74 Å². The van der Waals surface area contributed by atoms with E-state index in [0.29, 0.717) is 0 Å². The van der Waals surface area contributed by atoms with Gasteiger partial charge in [0.05, 0.1) is 11.7 Å². The molecule has 1 heterocycles. The predicted octanol–water partition coefficient (Wildman–Crippen LogP) is 3.45. The van der Waals surface area contributed by atoms with Crippen LogP contribution in [-0.4, -0.2) is 18.7 Å². The molecule has 1 aliphatic heterocycles. The fourth-order valence-corrected chi connectivity index (χ4v) is 2.40. The number of nitrogens with zero attached hydrogens (tertiary/aromatic N) is 1. The number of rotatable bonds is 2. The van der Waals surface area contributed by atoms with E-state index in [0.717, 1.165) is 30.3 Å². The molecule has 0 bridgehead atoms. The van der Waals surface area contributed by atoms with E-state index in [-0.39, 0.29) is 0 Å². The van der Waals surface area contributed by atoms with E-state index in [2.05, 4.69) is 29.8 Å². The van der Waals surface area contributed by atoms with E-state index in [9.17, 15) is 0 Å². The summed E-state index contributed by atoms with van der Waals surface area (Å²) < 4.78 is 5.54. The van der Waals surface area contributed by atoms with E-state index in [1.807, 2.05) is 12.5 Å². The summed E-state index contributed by atoms with van der Waals surface area (Å²) in [7, 11) is 1.82. The summed E-state index contributed by atoms with van der Waals surface area (Å²) in [6.45, 7) is 4.53. The first kappa shape index (κ1) is 11.3. The molecule has 0 amide bonds. The second-order valence-corrected chi connectivity index (χ2v) is 4.53. The Morgan fingerprint density at radius 3 is 3.25 bits per heavy atom. The molecule has 2 nitrogen and oxygen atoms in total. The van der Waals surface area contributed by atoms with Crippen LogP contribution in [0.3, 0.4) is 0 Å². The second-order valence-electron chi connectivity index (χ2n) is 3.58. The lowest BCUT2D eigenvalue weighted by molar-refractivity contribution is 0.257. The molecule has 0 unspecified atom stereocenters. The van der Waals surface area contributed by atoms with Crippen molar-refractivity contribution >= 4 is 16.8 Å². The van der Waals surface area contributed by atoms with Crippen LogP contribution in [0.5, 0.6) is 0 Å². The molecule has 0 radical (unpaired) electrons. The molecule has 1 aliphatic carbocycles. The molecule has 0 fully saturated rings. The number of thioether (sulfide) groups is 1. The standard InChI is InChI=1S/C13H15NOS/c1-3-16-13(14-2)11-5-4-6-12-10(9-11)7-8-15-12/h3-4,6,9H,1,5,7-8H2,2H3. The first-order valence-corrected chi connectivity index (χ1v) is 6.21. The fraction of sp³-hybridized carbons (Fsp3) is 0.308. The van der Waals surface area contributed by atoms with Crippen LogP contribution in [0.2, 0.25) is 0 Å². The average Bonchev–Trinajstić information content (AvgIpc) is 2.64. The van der Waals surface area contributed by atoms with Gasteiger partial charge in [-0.3, -0.25) is 4.99 Å². The number of aliphatic imine (C=N–C) groups is 1. The average molecular weight is 233 g/mol. The van der Waals surface area contributed by atoms with Crippen LogP contribution in [0.25, 0.3) is 0 Å². The summed E-state index contributed by atoms with van der Waals surface area (Å²) in [5.74, 6) is 1.02. The highest BCUT2D eigenvalue weighted by atomic mass is 32.2. The molecule has 0 aromatic rings.